The van der Waals surface area contributed by atoms with Crippen LogP contribution >= 0.6 is 15.9 Å². The molecule has 0 unspecified atom stereocenters. The van der Waals surface area contributed by atoms with E-state index in [4.69, 9.17) is 4.74 Å². The van der Waals surface area contributed by atoms with Crippen molar-refractivity contribution in [3.8, 4) is 0 Å². The van der Waals surface area contributed by atoms with Gasteiger partial charge in [-0.2, -0.15) is 0 Å². The summed E-state index contributed by atoms with van der Waals surface area (Å²) in [5.41, 5.74) is 0.180. The molecule has 0 saturated carbocycles. The fraction of sp³-hybridized carbons (Fsp3) is 0.211. The van der Waals surface area contributed by atoms with E-state index in [2.05, 4.69) is 30.9 Å². The highest BCUT2D eigenvalue weighted by Crippen LogP contribution is 2.24. The van der Waals surface area contributed by atoms with Gasteiger partial charge in [0, 0.05) is 14.1 Å². The molecule has 12 heteroatoms. The fourth-order valence-corrected chi connectivity index (χ4v) is 3.83. The second-order valence-corrected chi connectivity index (χ2v) is 7.47. The Morgan fingerprint density at radius 1 is 1.19 bits per heavy atom. The van der Waals surface area contributed by atoms with Crippen LogP contribution < -0.4 is 11.2 Å². The number of H-pyrrole nitrogens is 1. The van der Waals surface area contributed by atoms with Crippen LogP contribution in [-0.4, -0.2) is 46.8 Å². The molecule has 0 atom stereocenters. The number of methoxy groups -OCH3 is 1. The molecule has 11 nitrogen and oxygen atoms in total. The molecule has 0 bridgehead atoms. The number of carbonyl (C=O) groups excluding carboxylic acids is 1. The van der Waals surface area contributed by atoms with Crippen LogP contribution in [0.5, 0.6) is 0 Å². The highest BCUT2D eigenvalue weighted by Gasteiger charge is 2.25. The molecule has 0 aliphatic heterocycles. The van der Waals surface area contributed by atoms with Gasteiger partial charge in [0.2, 0.25) is 0 Å². The lowest BCUT2D eigenvalue weighted by molar-refractivity contribution is -0.133. The summed E-state index contributed by atoms with van der Waals surface area (Å²) in [5, 5.41) is 10.9. The monoisotopic (exact) mass is 488 g/mol. The predicted octanol–water partition coefficient (Wildman–Crippen LogP) is 1.21. The molecule has 3 aromatic heterocycles. The summed E-state index contributed by atoms with van der Waals surface area (Å²) in [5.74, 6) is -1.07. The Bertz CT molecular complexity index is 1470. The summed E-state index contributed by atoms with van der Waals surface area (Å²) in [7, 11) is 4.02. The summed E-state index contributed by atoms with van der Waals surface area (Å²) in [4.78, 5) is 48.8. The number of hydrogen-bond acceptors (Lipinski definition) is 7. The second kappa shape index (κ2) is 7.54. The third-order valence-electron chi connectivity index (χ3n) is 4.91. The minimum atomic E-state index is -0.804. The van der Waals surface area contributed by atoms with E-state index in [1.807, 2.05) is 0 Å². The number of aliphatic hydroxyl groups excluding tert-OH is 1. The number of fused-ring (bicyclic) bond motifs is 2. The predicted molar refractivity (Wildman–Crippen MR) is 116 cm³/mol. The number of rotatable bonds is 4. The highest BCUT2D eigenvalue weighted by atomic mass is 79.9. The largest absolute Gasteiger partial charge is 0.509 e. The molecule has 4 rings (SSSR count). The van der Waals surface area contributed by atoms with Crippen molar-refractivity contribution < 1.29 is 14.6 Å². The number of nitrogens with one attached hydrogen (secondary N) is 1. The van der Waals surface area contributed by atoms with Crippen LogP contribution in [0.3, 0.4) is 0 Å². The summed E-state index contributed by atoms with van der Waals surface area (Å²) >= 11 is 3.26. The van der Waals surface area contributed by atoms with E-state index in [1.165, 1.54) is 30.3 Å². The average Bonchev–Trinajstić information content (AvgIpc) is 3.32. The number of benzene rings is 1. The smallest absolute Gasteiger partial charge is 0.345 e. The van der Waals surface area contributed by atoms with Gasteiger partial charge in [-0.3, -0.25) is 18.5 Å². The number of hydrogen-bond donors (Lipinski definition) is 2. The fourth-order valence-electron chi connectivity index (χ4n) is 3.36. The quantitative estimate of drug-likeness (QED) is 0.190. The number of halogens is 1. The molecule has 0 amide bonds. The lowest BCUT2D eigenvalue weighted by atomic mass is 10.2. The van der Waals surface area contributed by atoms with Crippen molar-refractivity contribution >= 4 is 49.7 Å². The molecule has 0 radical (unpaired) electrons. The molecule has 0 saturated heterocycles. The van der Waals surface area contributed by atoms with Gasteiger partial charge in [0.1, 0.15) is 17.2 Å². The number of aromatic amines is 1. The highest BCUT2D eigenvalue weighted by molar-refractivity contribution is 9.10. The summed E-state index contributed by atoms with van der Waals surface area (Å²) in [6.07, 6.45) is 0. The molecule has 2 N–H and O–H groups in total. The Morgan fingerprint density at radius 2 is 1.90 bits per heavy atom. The molecular weight excluding hydrogens is 472 g/mol. The number of allylic oxidation sites excluding steroid dienone is 1. The Morgan fingerprint density at radius 3 is 2.58 bits per heavy atom. The van der Waals surface area contributed by atoms with Gasteiger partial charge in [0.15, 0.2) is 15.9 Å². The third kappa shape index (κ3) is 3.24. The van der Waals surface area contributed by atoms with Gasteiger partial charge in [-0.15, -0.1) is 0 Å². The van der Waals surface area contributed by atoms with E-state index in [-0.39, 0.29) is 39.6 Å². The zero-order valence-corrected chi connectivity index (χ0v) is 18.3. The standard InChI is InChI=1S/C19H17BrN6O5/c1-24-15-13(16(28)25(2)19(24)30)23-18(20)26(15)8-11(27)12(17(29)31-3)14-21-9-6-4-5-7-10(9)22-14/h4-7,27H,8H2,1-3H3,(H,21,22)/b12-11+. The average molecular weight is 489 g/mol. The second-order valence-electron chi connectivity index (χ2n) is 6.76. The van der Waals surface area contributed by atoms with E-state index in [9.17, 15) is 19.5 Å². The van der Waals surface area contributed by atoms with Crippen molar-refractivity contribution in [3.05, 3.63) is 61.4 Å². The van der Waals surface area contributed by atoms with E-state index in [1.54, 1.807) is 24.3 Å². The SMILES string of the molecule is COC(=O)/C(=C(/O)Cn1c(Br)nc2c(=O)n(C)c(=O)n(C)c21)c1nc2ccccc2[nH]1. The number of para-hydroxylation sites is 2. The van der Waals surface area contributed by atoms with E-state index < -0.39 is 17.2 Å². The Kier molecular flexibility index (Phi) is 5.01. The lowest BCUT2D eigenvalue weighted by Gasteiger charge is -2.11. The van der Waals surface area contributed by atoms with Crippen molar-refractivity contribution in [1.82, 2.24) is 28.7 Å². The Labute approximate surface area is 182 Å². The van der Waals surface area contributed by atoms with Gasteiger partial charge in [-0.25, -0.2) is 19.6 Å². The van der Waals surface area contributed by atoms with Crippen molar-refractivity contribution in [1.29, 1.82) is 0 Å². The summed E-state index contributed by atoms with van der Waals surface area (Å²) in [6, 6.07) is 7.14. The van der Waals surface area contributed by atoms with Crippen molar-refractivity contribution in [2.24, 2.45) is 14.1 Å². The molecule has 31 heavy (non-hydrogen) atoms. The minimum Gasteiger partial charge on any atom is -0.509 e. The Balaban J connectivity index is 1.93. The minimum absolute atomic E-state index is 0.0348. The lowest BCUT2D eigenvalue weighted by Crippen LogP contribution is -2.37. The van der Waals surface area contributed by atoms with Crippen molar-refractivity contribution in [2.75, 3.05) is 7.11 Å². The Hall–Kier alpha value is -3.67. The van der Waals surface area contributed by atoms with E-state index in [0.717, 1.165) is 4.57 Å². The maximum atomic E-state index is 12.5. The normalized spacial score (nSPS) is 12.4. The maximum absolute atomic E-state index is 12.5. The maximum Gasteiger partial charge on any atom is 0.345 e. The van der Waals surface area contributed by atoms with Gasteiger partial charge >= 0.3 is 11.7 Å². The molecule has 160 valence electrons. The molecule has 0 fully saturated rings. The first kappa shape index (κ1) is 20.6. The van der Waals surface area contributed by atoms with Gasteiger partial charge in [-0.05, 0) is 28.1 Å². The first-order valence-corrected chi connectivity index (χ1v) is 9.81. The van der Waals surface area contributed by atoms with E-state index >= 15 is 0 Å². The van der Waals surface area contributed by atoms with Crippen LogP contribution in [0, 0.1) is 0 Å². The van der Waals surface area contributed by atoms with Gasteiger partial charge in [0.05, 0.1) is 24.7 Å². The van der Waals surface area contributed by atoms with Crippen molar-refractivity contribution in [3.63, 3.8) is 0 Å². The number of carbonyl (C=O) groups is 1. The number of imidazole rings is 2. The van der Waals surface area contributed by atoms with Crippen LogP contribution in [0.15, 0.2) is 44.3 Å². The van der Waals surface area contributed by atoms with Crippen LogP contribution in [0.25, 0.3) is 27.8 Å². The van der Waals surface area contributed by atoms with Crippen LogP contribution in [0.2, 0.25) is 0 Å². The number of ether oxygens (including phenoxy) is 1. The summed E-state index contributed by atoms with van der Waals surface area (Å²) < 4.78 is 8.61. The summed E-state index contributed by atoms with van der Waals surface area (Å²) in [6.45, 7) is -0.279. The van der Waals surface area contributed by atoms with E-state index in [0.29, 0.717) is 11.0 Å². The van der Waals surface area contributed by atoms with Gasteiger partial charge in [-0.1, -0.05) is 12.1 Å². The molecular formula is C19H17BrN6O5. The van der Waals surface area contributed by atoms with Crippen molar-refractivity contribution in [2.45, 2.75) is 6.54 Å². The van der Waals surface area contributed by atoms with Crippen LogP contribution in [0.1, 0.15) is 5.82 Å². The third-order valence-corrected chi connectivity index (χ3v) is 5.51. The number of aromatic nitrogens is 6. The van der Waals surface area contributed by atoms with Gasteiger partial charge < -0.3 is 14.8 Å². The molecule has 0 spiro atoms. The molecule has 3 heterocycles. The number of aliphatic hydroxyl groups is 1. The molecule has 0 aliphatic carbocycles. The van der Waals surface area contributed by atoms with Gasteiger partial charge in [0.25, 0.3) is 5.56 Å². The molecule has 1 aromatic carbocycles. The number of nitrogens with zero attached hydrogens (tertiary/aromatic N) is 5. The zero-order chi connectivity index (χ0) is 22.4. The molecule has 0 aliphatic rings. The van der Waals surface area contributed by atoms with Crippen LogP contribution in [-0.2, 0) is 30.2 Å². The topological polar surface area (TPSA) is 137 Å². The first-order chi connectivity index (χ1) is 14.7. The van der Waals surface area contributed by atoms with Crippen LogP contribution in [0.4, 0.5) is 0 Å². The molecule has 4 aromatic rings. The zero-order valence-electron chi connectivity index (χ0n) is 16.7. The first-order valence-electron chi connectivity index (χ1n) is 9.01. The number of aryl methyl sites for hydroxylation is 1. The number of esters is 1.